The normalized spacial score (nSPS) is 11.2. The van der Waals surface area contributed by atoms with Crippen molar-refractivity contribution in [2.75, 3.05) is 0 Å². The maximum atomic E-state index is 12.6. The van der Waals surface area contributed by atoms with Gasteiger partial charge in [-0.1, -0.05) is 12.1 Å². The maximum absolute atomic E-state index is 12.6. The Hall–Kier alpha value is -2.95. The highest BCUT2D eigenvalue weighted by Gasteiger charge is 2.12. The number of nitrogens with zero attached hydrogens (tertiary/aromatic N) is 3. The van der Waals surface area contributed by atoms with Gasteiger partial charge in [-0.15, -0.1) is 0 Å². The standard InChI is InChI=1S/C15H10N4O/c20-15(10-5-6-11-13(7-10)17-8-16-11)19-9-18-12-3-1-2-4-14(12)19/h1-9H,(H,16,17). The van der Waals surface area contributed by atoms with E-state index < -0.39 is 0 Å². The minimum absolute atomic E-state index is 0.102. The van der Waals surface area contributed by atoms with Crippen molar-refractivity contribution in [3.63, 3.8) is 0 Å². The fourth-order valence-electron chi connectivity index (χ4n) is 2.33. The number of nitrogens with one attached hydrogen (secondary N) is 1. The number of para-hydroxylation sites is 2. The Kier molecular flexibility index (Phi) is 2.20. The topological polar surface area (TPSA) is 63.6 Å². The number of benzene rings is 2. The fraction of sp³-hybridized carbons (Fsp3) is 0. The highest BCUT2D eigenvalue weighted by atomic mass is 16.2. The summed E-state index contributed by atoms with van der Waals surface area (Å²) in [5.74, 6) is -0.102. The Morgan fingerprint density at radius 2 is 1.95 bits per heavy atom. The molecule has 2 aromatic heterocycles. The van der Waals surface area contributed by atoms with Crippen LogP contribution in [0.2, 0.25) is 0 Å². The average Bonchev–Trinajstić information content (AvgIpc) is 3.12. The van der Waals surface area contributed by atoms with E-state index in [1.807, 2.05) is 30.3 Å². The van der Waals surface area contributed by atoms with Crippen molar-refractivity contribution < 1.29 is 4.79 Å². The summed E-state index contributed by atoms with van der Waals surface area (Å²) in [5.41, 5.74) is 3.91. The first-order chi connectivity index (χ1) is 9.83. The second-order valence-electron chi connectivity index (χ2n) is 4.54. The van der Waals surface area contributed by atoms with E-state index in [0.717, 1.165) is 22.1 Å². The number of rotatable bonds is 1. The van der Waals surface area contributed by atoms with E-state index in [4.69, 9.17) is 0 Å². The molecule has 20 heavy (non-hydrogen) atoms. The van der Waals surface area contributed by atoms with Crippen LogP contribution in [0.25, 0.3) is 22.1 Å². The van der Waals surface area contributed by atoms with Crippen LogP contribution in [0.1, 0.15) is 10.4 Å². The summed E-state index contributed by atoms with van der Waals surface area (Å²) in [5, 5.41) is 0. The monoisotopic (exact) mass is 262 g/mol. The van der Waals surface area contributed by atoms with Gasteiger partial charge in [-0.05, 0) is 30.3 Å². The van der Waals surface area contributed by atoms with E-state index in [0.29, 0.717) is 5.56 Å². The van der Waals surface area contributed by atoms with Gasteiger partial charge in [0.1, 0.15) is 6.33 Å². The van der Waals surface area contributed by atoms with Gasteiger partial charge in [0.15, 0.2) is 0 Å². The maximum Gasteiger partial charge on any atom is 0.263 e. The van der Waals surface area contributed by atoms with Crippen LogP contribution >= 0.6 is 0 Å². The summed E-state index contributed by atoms with van der Waals surface area (Å²) < 4.78 is 1.56. The number of aromatic nitrogens is 4. The van der Waals surface area contributed by atoms with Crippen LogP contribution in [0.4, 0.5) is 0 Å². The quantitative estimate of drug-likeness (QED) is 0.573. The predicted octanol–water partition coefficient (Wildman–Crippen LogP) is 2.60. The van der Waals surface area contributed by atoms with Gasteiger partial charge in [0.25, 0.3) is 5.91 Å². The molecular weight excluding hydrogens is 252 g/mol. The van der Waals surface area contributed by atoms with Crippen molar-refractivity contribution >= 4 is 28.0 Å². The number of hydrogen-bond acceptors (Lipinski definition) is 3. The van der Waals surface area contributed by atoms with Gasteiger partial charge in [0.05, 0.1) is 28.4 Å². The molecule has 0 aliphatic carbocycles. The molecule has 5 heteroatoms. The first-order valence-electron chi connectivity index (χ1n) is 6.23. The number of carbonyl (C=O) groups excluding carboxylic acids is 1. The smallest absolute Gasteiger partial charge is 0.263 e. The van der Waals surface area contributed by atoms with Gasteiger partial charge in [0.2, 0.25) is 0 Å². The molecule has 0 spiro atoms. The molecule has 0 amide bonds. The molecule has 0 bridgehead atoms. The molecular formula is C15H10N4O. The van der Waals surface area contributed by atoms with Gasteiger partial charge in [0, 0.05) is 5.56 Å². The molecule has 5 nitrogen and oxygen atoms in total. The minimum atomic E-state index is -0.102. The van der Waals surface area contributed by atoms with E-state index in [1.54, 1.807) is 29.4 Å². The number of carbonyl (C=O) groups is 1. The van der Waals surface area contributed by atoms with Gasteiger partial charge in [-0.25, -0.2) is 9.97 Å². The van der Waals surface area contributed by atoms with E-state index in [2.05, 4.69) is 15.0 Å². The zero-order valence-electron chi connectivity index (χ0n) is 10.4. The number of H-pyrrole nitrogens is 1. The van der Waals surface area contributed by atoms with Crippen molar-refractivity contribution in [2.45, 2.75) is 0 Å². The lowest BCUT2D eigenvalue weighted by Gasteiger charge is -2.03. The largest absolute Gasteiger partial charge is 0.345 e. The zero-order chi connectivity index (χ0) is 13.5. The summed E-state index contributed by atoms with van der Waals surface area (Å²) in [7, 11) is 0. The zero-order valence-corrected chi connectivity index (χ0v) is 10.4. The summed E-state index contributed by atoms with van der Waals surface area (Å²) in [6.45, 7) is 0. The van der Waals surface area contributed by atoms with E-state index in [9.17, 15) is 4.79 Å². The second-order valence-corrected chi connectivity index (χ2v) is 4.54. The Bertz CT molecular complexity index is 935. The van der Waals surface area contributed by atoms with Crippen molar-refractivity contribution in [3.05, 3.63) is 60.7 Å². The Morgan fingerprint density at radius 1 is 1.05 bits per heavy atom. The Balaban J connectivity index is 1.86. The van der Waals surface area contributed by atoms with Gasteiger partial charge < -0.3 is 4.98 Å². The predicted molar refractivity (Wildman–Crippen MR) is 75.6 cm³/mol. The van der Waals surface area contributed by atoms with Gasteiger partial charge in [-0.3, -0.25) is 9.36 Å². The van der Waals surface area contributed by atoms with Crippen LogP contribution in [0.5, 0.6) is 0 Å². The van der Waals surface area contributed by atoms with Crippen molar-refractivity contribution in [3.8, 4) is 0 Å². The van der Waals surface area contributed by atoms with Crippen LogP contribution in [0.15, 0.2) is 55.1 Å². The first kappa shape index (κ1) is 10.9. The molecule has 4 rings (SSSR count). The summed E-state index contributed by atoms with van der Waals surface area (Å²) in [6, 6.07) is 13.0. The van der Waals surface area contributed by atoms with Crippen LogP contribution in [0, 0.1) is 0 Å². The molecule has 1 N–H and O–H groups in total. The lowest BCUT2D eigenvalue weighted by molar-refractivity contribution is 0.0964. The fourth-order valence-corrected chi connectivity index (χ4v) is 2.33. The molecule has 0 aliphatic rings. The summed E-state index contributed by atoms with van der Waals surface area (Å²) in [4.78, 5) is 24.0. The molecule has 2 heterocycles. The van der Waals surface area contributed by atoms with Crippen molar-refractivity contribution in [1.82, 2.24) is 19.5 Å². The molecule has 0 saturated heterocycles. The summed E-state index contributed by atoms with van der Waals surface area (Å²) >= 11 is 0. The molecule has 96 valence electrons. The first-order valence-corrected chi connectivity index (χ1v) is 6.23. The molecule has 2 aromatic carbocycles. The van der Waals surface area contributed by atoms with Crippen molar-refractivity contribution in [2.24, 2.45) is 0 Å². The number of imidazole rings is 2. The number of fused-ring (bicyclic) bond motifs is 2. The summed E-state index contributed by atoms with van der Waals surface area (Å²) in [6.07, 6.45) is 3.18. The lowest BCUT2D eigenvalue weighted by atomic mass is 10.2. The van der Waals surface area contributed by atoms with Crippen molar-refractivity contribution in [1.29, 1.82) is 0 Å². The molecule has 0 atom stereocenters. The molecule has 0 radical (unpaired) electrons. The van der Waals surface area contributed by atoms with Gasteiger partial charge in [-0.2, -0.15) is 0 Å². The van der Waals surface area contributed by atoms with Crippen LogP contribution in [0.3, 0.4) is 0 Å². The third kappa shape index (κ3) is 1.53. The molecule has 0 unspecified atom stereocenters. The van der Waals surface area contributed by atoms with E-state index in [-0.39, 0.29) is 5.91 Å². The SMILES string of the molecule is O=C(c1ccc2nc[nH]c2c1)n1cnc2ccccc21. The highest BCUT2D eigenvalue weighted by Crippen LogP contribution is 2.16. The van der Waals surface area contributed by atoms with Crippen LogP contribution < -0.4 is 0 Å². The molecule has 4 aromatic rings. The Labute approximate surface area is 113 Å². The van der Waals surface area contributed by atoms with E-state index >= 15 is 0 Å². The molecule has 0 fully saturated rings. The minimum Gasteiger partial charge on any atom is -0.345 e. The van der Waals surface area contributed by atoms with Gasteiger partial charge >= 0.3 is 0 Å². The number of hydrogen-bond donors (Lipinski definition) is 1. The van der Waals surface area contributed by atoms with E-state index in [1.165, 1.54) is 0 Å². The third-order valence-electron chi connectivity index (χ3n) is 3.34. The highest BCUT2D eigenvalue weighted by molar-refractivity contribution is 6.02. The number of aromatic amines is 1. The molecule has 0 saturated carbocycles. The second kappa shape index (κ2) is 4.03. The molecule has 0 aliphatic heterocycles. The van der Waals surface area contributed by atoms with Crippen LogP contribution in [-0.4, -0.2) is 25.4 Å². The third-order valence-corrected chi connectivity index (χ3v) is 3.34. The van der Waals surface area contributed by atoms with Crippen LogP contribution in [-0.2, 0) is 0 Å². The Morgan fingerprint density at radius 3 is 2.90 bits per heavy atom. The lowest BCUT2D eigenvalue weighted by Crippen LogP contribution is -2.10. The average molecular weight is 262 g/mol.